The van der Waals surface area contributed by atoms with Crippen LogP contribution < -0.4 is 10.2 Å². The fourth-order valence-electron chi connectivity index (χ4n) is 9.13. The largest absolute Gasteiger partial charge is 0.495 e. The van der Waals surface area contributed by atoms with Gasteiger partial charge in [-0.1, -0.05) is 164 Å². The quantitative estimate of drug-likeness (QED) is 0.163. The molecule has 8 aromatic rings. The molecule has 6 nitrogen and oxygen atoms in total. The zero-order valence-corrected chi connectivity index (χ0v) is 33.3. The average Bonchev–Trinajstić information content (AvgIpc) is 3.69. The van der Waals surface area contributed by atoms with Gasteiger partial charge in [-0.05, 0) is 67.0 Å². The SMILES string of the molecule is CC1(C)OB(c2cccc3c2-c2ccccc2C32c3ccccc3Oc3c(-c4ccc(-c5nc(-c6ccccc6)nc(-c6ccccc6)n5)cc4)cccc32)OC1(C)C. The number of fused-ring (bicyclic) bond motifs is 9. The van der Waals surface area contributed by atoms with Crippen LogP contribution in [0.4, 0.5) is 0 Å². The van der Waals surface area contributed by atoms with Crippen LogP contribution in [0.3, 0.4) is 0 Å². The Morgan fingerprint density at radius 3 is 1.53 bits per heavy atom. The van der Waals surface area contributed by atoms with Crippen molar-refractivity contribution in [1.29, 1.82) is 0 Å². The molecule has 2 aliphatic heterocycles. The van der Waals surface area contributed by atoms with Crippen molar-refractivity contribution in [3.8, 4) is 67.9 Å². The number of hydrogen-bond acceptors (Lipinski definition) is 6. The normalized spacial score (nSPS) is 17.8. The minimum absolute atomic E-state index is 0.476. The maximum Gasteiger partial charge on any atom is 0.495 e. The number of ether oxygens (including phenoxy) is 1. The summed E-state index contributed by atoms with van der Waals surface area (Å²) in [6.45, 7) is 8.44. The van der Waals surface area contributed by atoms with Crippen molar-refractivity contribution < 1.29 is 14.0 Å². The Morgan fingerprint density at radius 2 is 0.881 bits per heavy atom. The van der Waals surface area contributed by atoms with E-state index in [0.717, 1.165) is 61.5 Å². The molecule has 1 spiro atoms. The number of nitrogens with zero attached hydrogens (tertiary/aromatic N) is 3. The molecular formula is C52H40BN3O3. The number of aromatic nitrogens is 3. The first-order valence-corrected chi connectivity index (χ1v) is 20.2. The first-order chi connectivity index (χ1) is 28.7. The summed E-state index contributed by atoms with van der Waals surface area (Å²) in [6.07, 6.45) is 0. The molecule has 11 rings (SSSR count). The third kappa shape index (κ3) is 5.38. The molecule has 0 N–H and O–H groups in total. The Hall–Kier alpha value is -6.67. The van der Waals surface area contributed by atoms with Crippen LogP contribution >= 0.6 is 0 Å². The Labute approximate surface area is 344 Å². The van der Waals surface area contributed by atoms with Crippen molar-refractivity contribution >= 4 is 12.6 Å². The molecule has 0 saturated carbocycles. The monoisotopic (exact) mass is 765 g/mol. The van der Waals surface area contributed by atoms with Crippen molar-refractivity contribution in [2.75, 3.05) is 0 Å². The number of hydrogen-bond donors (Lipinski definition) is 0. The van der Waals surface area contributed by atoms with Gasteiger partial charge in [-0.15, -0.1) is 0 Å². The zero-order valence-electron chi connectivity index (χ0n) is 33.3. The van der Waals surface area contributed by atoms with Crippen LogP contribution in [0.1, 0.15) is 49.9 Å². The average molecular weight is 766 g/mol. The summed E-state index contributed by atoms with van der Waals surface area (Å²) in [5.41, 5.74) is 11.1. The molecule has 0 radical (unpaired) electrons. The summed E-state index contributed by atoms with van der Waals surface area (Å²) in [5, 5.41) is 0. The predicted octanol–water partition coefficient (Wildman–Crippen LogP) is 11.3. The molecule has 7 aromatic carbocycles. The van der Waals surface area contributed by atoms with Gasteiger partial charge in [0, 0.05) is 33.4 Å². The lowest BCUT2D eigenvalue weighted by Gasteiger charge is -2.40. The highest BCUT2D eigenvalue weighted by Gasteiger charge is 2.56. The van der Waals surface area contributed by atoms with Crippen molar-refractivity contribution in [2.45, 2.75) is 44.3 Å². The number of rotatable bonds is 5. The predicted molar refractivity (Wildman–Crippen MR) is 235 cm³/mol. The first kappa shape index (κ1) is 35.5. The second-order valence-corrected chi connectivity index (χ2v) is 16.5. The Morgan fingerprint density at radius 1 is 0.407 bits per heavy atom. The van der Waals surface area contributed by atoms with Crippen LogP contribution in [-0.4, -0.2) is 33.3 Å². The molecule has 1 saturated heterocycles. The molecule has 284 valence electrons. The van der Waals surface area contributed by atoms with Crippen molar-refractivity contribution in [3.63, 3.8) is 0 Å². The van der Waals surface area contributed by atoms with Crippen LogP contribution in [-0.2, 0) is 14.7 Å². The third-order valence-electron chi connectivity index (χ3n) is 12.7. The molecular weight excluding hydrogens is 725 g/mol. The fourth-order valence-corrected chi connectivity index (χ4v) is 9.13. The van der Waals surface area contributed by atoms with Gasteiger partial charge in [-0.25, -0.2) is 15.0 Å². The molecule has 0 amide bonds. The molecule has 3 heterocycles. The zero-order chi connectivity index (χ0) is 39.9. The topological polar surface area (TPSA) is 66.4 Å². The van der Waals surface area contributed by atoms with E-state index in [9.17, 15) is 0 Å². The lowest BCUT2D eigenvalue weighted by molar-refractivity contribution is 0.00578. The van der Waals surface area contributed by atoms with Crippen molar-refractivity contribution in [2.24, 2.45) is 0 Å². The lowest BCUT2D eigenvalue weighted by Crippen LogP contribution is -2.41. The molecule has 1 unspecified atom stereocenters. The number of benzene rings is 7. The number of para-hydroxylation sites is 2. The summed E-state index contributed by atoms with van der Waals surface area (Å²) < 4.78 is 20.5. The summed E-state index contributed by atoms with van der Waals surface area (Å²) in [7, 11) is -0.519. The van der Waals surface area contributed by atoms with Crippen LogP contribution in [0.2, 0.25) is 0 Å². The summed E-state index contributed by atoms with van der Waals surface area (Å²) in [5.74, 6) is 3.54. The molecule has 59 heavy (non-hydrogen) atoms. The van der Waals surface area contributed by atoms with Gasteiger partial charge >= 0.3 is 7.12 Å². The van der Waals surface area contributed by atoms with Gasteiger partial charge in [0.05, 0.1) is 16.6 Å². The van der Waals surface area contributed by atoms with E-state index in [-0.39, 0.29) is 0 Å². The van der Waals surface area contributed by atoms with Crippen LogP contribution in [0.5, 0.6) is 11.5 Å². The highest BCUT2D eigenvalue weighted by molar-refractivity contribution is 6.64. The van der Waals surface area contributed by atoms with E-state index in [2.05, 4.69) is 137 Å². The van der Waals surface area contributed by atoms with Gasteiger partial charge in [-0.2, -0.15) is 0 Å². The summed E-state index contributed by atoms with van der Waals surface area (Å²) >= 11 is 0. The van der Waals surface area contributed by atoms with Gasteiger partial charge in [-0.3, -0.25) is 0 Å². The van der Waals surface area contributed by atoms with Crippen LogP contribution in [0, 0.1) is 0 Å². The summed E-state index contributed by atoms with van der Waals surface area (Å²) in [4.78, 5) is 14.8. The Bertz CT molecular complexity index is 2860. The Kier molecular flexibility index (Phi) is 7.93. The molecule has 1 aliphatic carbocycles. The van der Waals surface area contributed by atoms with Gasteiger partial charge in [0.2, 0.25) is 0 Å². The third-order valence-corrected chi connectivity index (χ3v) is 12.7. The highest BCUT2D eigenvalue weighted by atomic mass is 16.7. The van der Waals surface area contributed by atoms with Crippen molar-refractivity contribution in [1.82, 2.24) is 15.0 Å². The molecule has 3 aliphatic rings. The molecule has 1 fully saturated rings. The van der Waals surface area contributed by atoms with E-state index in [1.807, 2.05) is 60.7 Å². The maximum atomic E-state index is 7.03. The molecule has 7 heteroatoms. The standard InChI is InChI=1S/C52H40BN3O3/c1-50(2)51(3,4)59-53(58-50)43-27-16-25-41-45(43)38-21-11-12-23-39(38)52(41)40-24-13-14-28-44(40)57-46-37(22-15-26-42(46)52)33-29-31-36(32-30-33)49-55-47(34-17-7-5-8-18-34)54-48(56-49)35-19-9-6-10-20-35/h5-32H,1-4H3. The van der Waals surface area contributed by atoms with E-state index in [1.54, 1.807) is 0 Å². The first-order valence-electron chi connectivity index (χ1n) is 20.2. The molecule has 0 bridgehead atoms. The Balaban J connectivity index is 1.07. The lowest BCUT2D eigenvalue weighted by atomic mass is 9.65. The minimum atomic E-state index is -0.655. The highest BCUT2D eigenvalue weighted by Crippen LogP contribution is 2.63. The smallest absolute Gasteiger partial charge is 0.456 e. The van der Waals surface area contributed by atoms with Crippen LogP contribution in [0.25, 0.3) is 56.4 Å². The van der Waals surface area contributed by atoms with Gasteiger partial charge in [0.1, 0.15) is 11.5 Å². The van der Waals surface area contributed by atoms with E-state index in [1.165, 1.54) is 16.7 Å². The molecule has 1 aromatic heterocycles. The minimum Gasteiger partial charge on any atom is -0.456 e. The van der Waals surface area contributed by atoms with E-state index in [0.29, 0.717) is 17.5 Å². The summed E-state index contributed by atoms with van der Waals surface area (Å²) in [6, 6.07) is 59.0. The van der Waals surface area contributed by atoms with Crippen LogP contribution in [0.15, 0.2) is 170 Å². The van der Waals surface area contributed by atoms with E-state index < -0.39 is 23.7 Å². The van der Waals surface area contributed by atoms with Gasteiger partial charge in [0.25, 0.3) is 0 Å². The molecule has 1 atom stereocenters. The van der Waals surface area contributed by atoms with E-state index in [4.69, 9.17) is 29.0 Å². The van der Waals surface area contributed by atoms with E-state index >= 15 is 0 Å². The second-order valence-electron chi connectivity index (χ2n) is 16.5. The maximum absolute atomic E-state index is 7.03. The van der Waals surface area contributed by atoms with Gasteiger partial charge in [0.15, 0.2) is 17.5 Å². The second kappa shape index (κ2) is 13.2. The fraction of sp³-hybridized carbons (Fsp3) is 0.135. The van der Waals surface area contributed by atoms with Gasteiger partial charge < -0.3 is 14.0 Å². The van der Waals surface area contributed by atoms with Crippen molar-refractivity contribution in [3.05, 3.63) is 192 Å².